The summed E-state index contributed by atoms with van der Waals surface area (Å²) in [4.78, 5) is 22.6. The first kappa shape index (κ1) is 19.4. The molecule has 3 aliphatic rings. The Bertz CT molecular complexity index is 917. The van der Waals surface area contributed by atoms with Crippen LogP contribution in [-0.2, 0) is 16.1 Å². The summed E-state index contributed by atoms with van der Waals surface area (Å²) in [6.45, 7) is 6.09. The molecule has 2 fully saturated rings. The summed E-state index contributed by atoms with van der Waals surface area (Å²) >= 11 is 0. The van der Waals surface area contributed by atoms with Gasteiger partial charge < -0.3 is 19.9 Å². The Hall–Kier alpha value is -2.60. The van der Waals surface area contributed by atoms with Crippen molar-refractivity contribution >= 4 is 28.8 Å². The summed E-state index contributed by atoms with van der Waals surface area (Å²) in [5.74, 6) is 1.93. The number of benzene rings is 1. The fraction of sp³-hybridized carbons (Fsp3) is 0.500. The molecule has 2 aromatic rings. The van der Waals surface area contributed by atoms with Crippen LogP contribution in [-0.4, -0.2) is 37.2 Å². The molecule has 2 aliphatic heterocycles. The predicted octanol–water partition coefficient (Wildman–Crippen LogP) is 4.33. The summed E-state index contributed by atoms with van der Waals surface area (Å²) in [5.41, 5.74) is 4.11. The lowest BCUT2D eigenvalue weighted by Crippen LogP contribution is -2.38. The van der Waals surface area contributed by atoms with Crippen molar-refractivity contribution in [1.29, 1.82) is 0 Å². The van der Waals surface area contributed by atoms with Gasteiger partial charge >= 0.3 is 0 Å². The van der Waals surface area contributed by atoms with Gasteiger partial charge in [0, 0.05) is 36.5 Å². The number of rotatable bonds is 2. The number of hydrogen-bond donors (Lipinski definition) is 1. The zero-order chi connectivity index (χ0) is 20.5. The molecule has 5 rings (SSSR count). The lowest BCUT2D eigenvalue weighted by atomic mass is 9.82. The molecule has 6 nitrogen and oxygen atoms in total. The first-order chi connectivity index (χ1) is 14.7. The van der Waals surface area contributed by atoms with Gasteiger partial charge in [-0.15, -0.1) is 0 Å². The highest BCUT2D eigenvalue weighted by atomic mass is 16.5. The molecule has 0 bridgehead atoms. The normalized spacial score (nSPS) is 23.8. The van der Waals surface area contributed by atoms with Gasteiger partial charge in [0.1, 0.15) is 5.82 Å². The topological polar surface area (TPSA) is 57.7 Å². The number of hydrogen-bond acceptors (Lipinski definition) is 5. The van der Waals surface area contributed by atoms with Crippen LogP contribution in [0.2, 0.25) is 0 Å². The monoisotopic (exact) mass is 406 g/mol. The Morgan fingerprint density at radius 3 is 2.73 bits per heavy atom. The first-order valence-electron chi connectivity index (χ1n) is 11.2. The van der Waals surface area contributed by atoms with Crippen molar-refractivity contribution in [2.24, 2.45) is 11.8 Å². The van der Waals surface area contributed by atoms with Crippen molar-refractivity contribution in [3.05, 3.63) is 42.1 Å². The second kappa shape index (κ2) is 8.26. The predicted molar refractivity (Wildman–Crippen MR) is 119 cm³/mol. The van der Waals surface area contributed by atoms with Crippen LogP contribution in [0.15, 0.2) is 36.5 Å². The van der Waals surface area contributed by atoms with Crippen LogP contribution in [0.3, 0.4) is 0 Å². The molecular formula is C24H30N4O2. The van der Waals surface area contributed by atoms with Gasteiger partial charge in [0.05, 0.1) is 31.1 Å². The lowest BCUT2D eigenvalue weighted by molar-refractivity contribution is -0.123. The smallest absolute Gasteiger partial charge is 0.230 e. The largest absolute Gasteiger partial charge is 0.378 e. The third-order valence-corrected chi connectivity index (χ3v) is 6.75. The van der Waals surface area contributed by atoms with Crippen molar-refractivity contribution in [2.45, 2.75) is 39.2 Å². The standard InChI is InChI=1S/C24H30N4O2/c1-17-4-6-18(7-5-17)24(29)28-16-19-3-2-10-25-23(19)26-21-9-8-20(15-22(21)28)27-11-13-30-14-12-27/h2-3,8-10,15,17-18H,4-7,11-14,16H2,1H3,(H,25,26)/t17-,18-. The van der Waals surface area contributed by atoms with Gasteiger partial charge in [-0.25, -0.2) is 4.98 Å². The minimum absolute atomic E-state index is 0.110. The Balaban J connectivity index is 1.52. The molecule has 0 atom stereocenters. The highest BCUT2D eigenvalue weighted by Crippen LogP contribution is 2.40. The Labute approximate surface area is 178 Å². The van der Waals surface area contributed by atoms with Crippen molar-refractivity contribution in [3.63, 3.8) is 0 Å². The van der Waals surface area contributed by atoms with E-state index in [9.17, 15) is 4.79 Å². The average molecular weight is 407 g/mol. The third-order valence-electron chi connectivity index (χ3n) is 6.75. The van der Waals surface area contributed by atoms with Gasteiger partial charge in [-0.05, 0) is 55.9 Å². The number of nitrogens with zero attached hydrogens (tertiary/aromatic N) is 3. The summed E-state index contributed by atoms with van der Waals surface area (Å²) in [6.07, 6.45) is 6.06. The van der Waals surface area contributed by atoms with Crippen molar-refractivity contribution in [2.75, 3.05) is 41.4 Å². The molecule has 0 spiro atoms. The molecule has 0 unspecified atom stereocenters. The molecule has 0 radical (unpaired) electrons. The van der Waals surface area contributed by atoms with E-state index in [1.165, 1.54) is 0 Å². The lowest BCUT2D eigenvalue weighted by Gasteiger charge is -2.33. The molecule has 1 saturated carbocycles. The van der Waals surface area contributed by atoms with Crippen molar-refractivity contribution in [1.82, 2.24) is 4.98 Å². The average Bonchev–Trinajstić information content (AvgIpc) is 2.96. The maximum atomic E-state index is 13.7. The van der Waals surface area contributed by atoms with Crippen molar-refractivity contribution < 1.29 is 9.53 Å². The van der Waals surface area contributed by atoms with Crippen LogP contribution in [0.5, 0.6) is 0 Å². The number of aromatic nitrogens is 1. The molecule has 3 heterocycles. The SMILES string of the molecule is C[C@H]1CC[C@H](C(=O)N2Cc3cccnc3Nc3ccc(N4CCOCC4)cc32)CC1. The summed E-state index contributed by atoms with van der Waals surface area (Å²) in [7, 11) is 0. The van der Waals surface area contributed by atoms with Gasteiger partial charge in [0.15, 0.2) is 0 Å². The zero-order valence-electron chi connectivity index (χ0n) is 17.6. The number of fused-ring (bicyclic) bond motifs is 2. The Kier molecular flexibility index (Phi) is 5.34. The second-order valence-corrected chi connectivity index (χ2v) is 8.82. The number of carbonyl (C=O) groups is 1. The number of pyridine rings is 1. The van der Waals surface area contributed by atoms with Crippen molar-refractivity contribution in [3.8, 4) is 0 Å². The summed E-state index contributed by atoms with van der Waals surface area (Å²) < 4.78 is 5.52. The van der Waals surface area contributed by atoms with E-state index < -0.39 is 0 Å². The number of anilines is 4. The molecule has 1 amide bonds. The Morgan fingerprint density at radius 1 is 1.13 bits per heavy atom. The van der Waals surface area contributed by atoms with E-state index in [1.807, 2.05) is 11.0 Å². The molecule has 30 heavy (non-hydrogen) atoms. The van der Waals surface area contributed by atoms with Crippen LogP contribution >= 0.6 is 0 Å². The molecule has 1 aromatic heterocycles. The van der Waals surface area contributed by atoms with E-state index in [2.05, 4.69) is 46.4 Å². The fourth-order valence-electron chi connectivity index (χ4n) is 4.85. The fourth-order valence-corrected chi connectivity index (χ4v) is 4.85. The van der Waals surface area contributed by atoms with E-state index in [-0.39, 0.29) is 11.8 Å². The molecule has 158 valence electrons. The molecule has 1 saturated heterocycles. The van der Waals surface area contributed by atoms with E-state index >= 15 is 0 Å². The molecule has 1 aliphatic carbocycles. The maximum Gasteiger partial charge on any atom is 0.230 e. The van der Waals surface area contributed by atoms with Crippen LogP contribution in [0, 0.1) is 11.8 Å². The number of ether oxygens (including phenoxy) is 1. The van der Waals surface area contributed by atoms with E-state index in [0.717, 1.165) is 86.3 Å². The van der Waals surface area contributed by atoms with E-state index in [0.29, 0.717) is 6.54 Å². The molecule has 6 heteroatoms. The minimum atomic E-state index is 0.110. The number of carbonyl (C=O) groups excluding carboxylic acids is 1. The Morgan fingerprint density at radius 2 is 1.93 bits per heavy atom. The van der Waals surface area contributed by atoms with Crippen LogP contribution in [0.1, 0.15) is 38.2 Å². The second-order valence-electron chi connectivity index (χ2n) is 8.82. The first-order valence-corrected chi connectivity index (χ1v) is 11.2. The van der Waals surface area contributed by atoms with Gasteiger partial charge in [0.25, 0.3) is 0 Å². The zero-order valence-corrected chi connectivity index (χ0v) is 17.6. The molecule has 1 aromatic carbocycles. The van der Waals surface area contributed by atoms with Gasteiger partial charge in [-0.1, -0.05) is 13.0 Å². The minimum Gasteiger partial charge on any atom is -0.378 e. The van der Waals surface area contributed by atoms with E-state index in [1.54, 1.807) is 6.20 Å². The highest BCUT2D eigenvalue weighted by molar-refractivity contribution is 6.00. The number of morpholine rings is 1. The van der Waals surface area contributed by atoms with E-state index in [4.69, 9.17) is 4.74 Å². The quantitative estimate of drug-likeness (QED) is 0.804. The van der Waals surface area contributed by atoms with Crippen LogP contribution in [0.4, 0.5) is 22.9 Å². The summed E-state index contributed by atoms with van der Waals surface area (Å²) in [6, 6.07) is 10.4. The number of amides is 1. The highest BCUT2D eigenvalue weighted by Gasteiger charge is 2.32. The molecular weight excluding hydrogens is 376 g/mol. The maximum absolute atomic E-state index is 13.7. The summed E-state index contributed by atoms with van der Waals surface area (Å²) in [5, 5.41) is 3.48. The third kappa shape index (κ3) is 3.76. The van der Waals surface area contributed by atoms with Gasteiger partial charge in [0.2, 0.25) is 5.91 Å². The van der Waals surface area contributed by atoms with Gasteiger partial charge in [-0.3, -0.25) is 4.79 Å². The number of nitrogens with one attached hydrogen (secondary N) is 1. The van der Waals surface area contributed by atoms with Crippen LogP contribution in [0.25, 0.3) is 0 Å². The van der Waals surface area contributed by atoms with Gasteiger partial charge in [-0.2, -0.15) is 0 Å². The van der Waals surface area contributed by atoms with Crippen LogP contribution < -0.4 is 15.1 Å². The molecule has 1 N–H and O–H groups in total.